The Morgan fingerprint density at radius 1 is 1.30 bits per heavy atom. The van der Waals surface area contributed by atoms with Crippen molar-refractivity contribution in [2.24, 2.45) is 5.92 Å². The first-order chi connectivity index (χ1) is 12.9. The van der Waals surface area contributed by atoms with Crippen molar-refractivity contribution in [3.63, 3.8) is 0 Å². The number of nitrogens with zero attached hydrogens (tertiary/aromatic N) is 2. The van der Waals surface area contributed by atoms with Crippen molar-refractivity contribution in [3.05, 3.63) is 29.8 Å². The Bertz CT molecular complexity index is 736. The average molecular weight is 390 g/mol. The molecule has 0 bridgehead atoms. The van der Waals surface area contributed by atoms with Crippen LogP contribution in [0.1, 0.15) is 38.2 Å². The fourth-order valence-corrected chi connectivity index (χ4v) is 4.40. The summed E-state index contributed by atoms with van der Waals surface area (Å²) in [5.41, 5.74) is 0.195. The molecule has 1 saturated carbocycles. The van der Waals surface area contributed by atoms with Gasteiger partial charge in [0.05, 0.1) is 0 Å². The molecule has 1 spiro atoms. The summed E-state index contributed by atoms with van der Waals surface area (Å²) in [6.07, 6.45) is 5.58. The van der Waals surface area contributed by atoms with Crippen LogP contribution in [0, 0.1) is 5.92 Å². The maximum absolute atomic E-state index is 13.0. The number of thioether (sulfide) groups is 1. The van der Waals surface area contributed by atoms with Gasteiger partial charge in [-0.25, -0.2) is 4.79 Å². The highest BCUT2D eigenvalue weighted by Gasteiger charge is 2.55. The zero-order chi connectivity index (χ0) is 19.6. The van der Waals surface area contributed by atoms with E-state index in [0.717, 1.165) is 29.7 Å². The minimum atomic E-state index is -0.818. The van der Waals surface area contributed by atoms with Gasteiger partial charge < -0.3 is 10.2 Å². The minimum absolute atomic E-state index is 0.0930. The number of rotatable bonds is 5. The van der Waals surface area contributed by atoms with Gasteiger partial charge in [0.25, 0.3) is 5.91 Å². The van der Waals surface area contributed by atoms with Crippen LogP contribution in [0.5, 0.6) is 0 Å². The second kappa shape index (κ2) is 7.92. The van der Waals surface area contributed by atoms with Crippen LogP contribution in [0.15, 0.2) is 29.2 Å². The summed E-state index contributed by atoms with van der Waals surface area (Å²) in [4.78, 5) is 41.8. The van der Waals surface area contributed by atoms with Crippen LogP contribution in [0.2, 0.25) is 0 Å². The molecule has 1 aliphatic heterocycles. The van der Waals surface area contributed by atoms with E-state index in [4.69, 9.17) is 0 Å². The zero-order valence-electron chi connectivity index (χ0n) is 16.2. The summed E-state index contributed by atoms with van der Waals surface area (Å²) in [6.45, 7) is 2.24. The van der Waals surface area contributed by atoms with Gasteiger partial charge >= 0.3 is 6.03 Å². The third kappa shape index (κ3) is 3.83. The Morgan fingerprint density at radius 2 is 2.00 bits per heavy atom. The Morgan fingerprint density at radius 3 is 2.63 bits per heavy atom. The van der Waals surface area contributed by atoms with Crippen LogP contribution in [0.3, 0.4) is 0 Å². The summed E-state index contributed by atoms with van der Waals surface area (Å²) in [5.74, 6) is -0.394. The molecule has 146 valence electrons. The highest BCUT2D eigenvalue weighted by molar-refractivity contribution is 7.98. The number of hydrogen-bond donors (Lipinski definition) is 1. The maximum atomic E-state index is 13.0. The Kier molecular flexibility index (Phi) is 5.79. The predicted molar refractivity (Wildman–Crippen MR) is 105 cm³/mol. The Labute approximate surface area is 164 Å². The van der Waals surface area contributed by atoms with E-state index >= 15 is 0 Å². The van der Waals surface area contributed by atoms with Crippen LogP contribution in [-0.4, -0.2) is 53.0 Å². The highest BCUT2D eigenvalue weighted by atomic mass is 32.2. The van der Waals surface area contributed by atoms with Crippen molar-refractivity contribution in [2.75, 3.05) is 19.8 Å². The quantitative estimate of drug-likeness (QED) is 0.621. The number of nitrogens with one attached hydrogen (secondary N) is 1. The number of carbonyl (C=O) groups excluding carboxylic acids is 3. The smallest absolute Gasteiger partial charge is 0.325 e. The third-order valence-electron chi connectivity index (χ3n) is 5.80. The number of imide groups is 1. The molecule has 3 rings (SSSR count). The van der Waals surface area contributed by atoms with Crippen LogP contribution in [0.25, 0.3) is 0 Å². The highest BCUT2D eigenvalue weighted by Crippen LogP contribution is 2.38. The fraction of sp³-hybridized carbons (Fsp3) is 0.550. The van der Waals surface area contributed by atoms with Crippen molar-refractivity contribution in [1.29, 1.82) is 0 Å². The summed E-state index contributed by atoms with van der Waals surface area (Å²) in [6, 6.07) is 7.57. The summed E-state index contributed by atoms with van der Waals surface area (Å²) in [7, 11) is 1.70. The monoisotopic (exact) mass is 389 g/mol. The van der Waals surface area contributed by atoms with E-state index in [1.807, 2.05) is 37.4 Å². The van der Waals surface area contributed by atoms with E-state index in [0.29, 0.717) is 13.0 Å². The molecule has 1 aliphatic carbocycles. The molecule has 27 heavy (non-hydrogen) atoms. The van der Waals surface area contributed by atoms with Gasteiger partial charge in [-0.05, 0) is 42.7 Å². The lowest BCUT2D eigenvalue weighted by atomic mass is 9.73. The number of likely N-dealkylation sites (N-methyl/N-ethyl adjacent to an activating group) is 1. The number of amides is 4. The molecule has 0 unspecified atom stereocenters. The normalized spacial score (nSPS) is 25.0. The first kappa shape index (κ1) is 19.7. The molecule has 0 radical (unpaired) electrons. The topological polar surface area (TPSA) is 69.7 Å². The van der Waals surface area contributed by atoms with Gasteiger partial charge in [0.2, 0.25) is 5.91 Å². The van der Waals surface area contributed by atoms with Gasteiger partial charge in [0, 0.05) is 18.5 Å². The average Bonchev–Trinajstić information content (AvgIpc) is 2.89. The van der Waals surface area contributed by atoms with Gasteiger partial charge in [-0.15, -0.1) is 11.8 Å². The van der Waals surface area contributed by atoms with E-state index in [1.165, 1.54) is 4.90 Å². The second-order valence-electron chi connectivity index (χ2n) is 7.54. The zero-order valence-corrected chi connectivity index (χ0v) is 17.0. The van der Waals surface area contributed by atoms with Crippen molar-refractivity contribution in [3.8, 4) is 0 Å². The van der Waals surface area contributed by atoms with E-state index in [9.17, 15) is 14.4 Å². The standard InChI is InChI=1S/C20H27N3O3S/c1-14-6-4-5-11-20(14)18(25)23(19(26)21-20)13-17(24)22(2)12-15-7-9-16(27-3)10-8-15/h7-10,14H,4-6,11-13H2,1-3H3,(H,21,26)/t14-,20+/m1/s1. The molecule has 1 heterocycles. The number of urea groups is 1. The van der Waals surface area contributed by atoms with Crippen LogP contribution >= 0.6 is 11.8 Å². The molecular weight excluding hydrogens is 362 g/mol. The van der Waals surface area contributed by atoms with Crippen molar-refractivity contribution in [2.45, 2.75) is 49.6 Å². The first-order valence-electron chi connectivity index (χ1n) is 9.38. The molecule has 4 amide bonds. The second-order valence-corrected chi connectivity index (χ2v) is 8.42. The number of benzene rings is 1. The first-order valence-corrected chi connectivity index (χ1v) is 10.6. The van der Waals surface area contributed by atoms with Crippen molar-refractivity contribution < 1.29 is 14.4 Å². The molecule has 1 aromatic carbocycles. The lowest BCUT2D eigenvalue weighted by molar-refractivity contribution is -0.140. The SMILES string of the molecule is CSc1ccc(CN(C)C(=O)CN2C(=O)N[C@]3(CCCC[C@H]3C)C2=O)cc1. The molecule has 1 N–H and O–H groups in total. The molecule has 2 aliphatic rings. The number of carbonyl (C=O) groups is 3. The van der Waals surface area contributed by atoms with E-state index in [2.05, 4.69) is 5.32 Å². The summed E-state index contributed by atoms with van der Waals surface area (Å²) < 4.78 is 0. The molecule has 1 aromatic rings. The Balaban J connectivity index is 1.64. The molecule has 6 nitrogen and oxygen atoms in total. The van der Waals surface area contributed by atoms with E-state index in [1.54, 1.807) is 23.7 Å². The van der Waals surface area contributed by atoms with Gasteiger partial charge in [-0.3, -0.25) is 14.5 Å². The van der Waals surface area contributed by atoms with E-state index in [-0.39, 0.29) is 24.3 Å². The van der Waals surface area contributed by atoms with Crippen LogP contribution in [0.4, 0.5) is 4.79 Å². The van der Waals surface area contributed by atoms with Gasteiger partial charge in [-0.1, -0.05) is 31.9 Å². The Hall–Kier alpha value is -2.02. The van der Waals surface area contributed by atoms with Crippen molar-refractivity contribution >= 4 is 29.6 Å². The predicted octanol–water partition coefficient (Wildman–Crippen LogP) is 2.87. The molecule has 0 aromatic heterocycles. The number of hydrogen-bond acceptors (Lipinski definition) is 4. The largest absolute Gasteiger partial charge is 0.340 e. The minimum Gasteiger partial charge on any atom is -0.340 e. The van der Waals surface area contributed by atoms with Gasteiger partial charge in [0.1, 0.15) is 12.1 Å². The van der Waals surface area contributed by atoms with Crippen molar-refractivity contribution in [1.82, 2.24) is 15.1 Å². The van der Waals surface area contributed by atoms with Crippen LogP contribution in [-0.2, 0) is 16.1 Å². The fourth-order valence-electron chi connectivity index (χ4n) is 3.99. The molecule has 2 fully saturated rings. The summed E-state index contributed by atoms with van der Waals surface area (Å²) in [5, 5.41) is 2.89. The molecule has 1 saturated heterocycles. The molecular formula is C20H27N3O3S. The molecule has 2 atom stereocenters. The third-order valence-corrected chi connectivity index (χ3v) is 6.54. The van der Waals surface area contributed by atoms with Crippen LogP contribution < -0.4 is 5.32 Å². The van der Waals surface area contributed by atoms with Gasteiger partial charge in [0.15, 0.2) is 0 Å². The van der Waals surface area contributed by atoms with E-state index < -0.39 is 11.6 Å². The molecule has 7 heteroatoms. The van der Waals surface area contributed by atoms with Gasteiger partial charge in [-0.2, -0.15) is 0 Å². The summed E-state index contributed by atoms with van der Waals surface area (Å²) >= 11 is 1.67. The lowest BCUT2D eigenvalue weighted by Crippen LogP contribution is -2.54. The maximum Gasteiger partial charge on any atom is 0.325 e. The lowest BCUT2D eigenvalue weighted by Gasteiger charge is -2.36.